The van der Waals surface area contributed by atoms with Crippen LogP contribution in [0.4, 0.5) is 5.82 Å². The standard InChI is InChI=1S/C13H16N4OS/c1-3-10-5-4-9(6-15-10)13-17-11(7-19-13)16-12(18)8(2)14/h4-8H,3,14H2,1-2H3,(H,16,18). The molecule has 0 aliphatic carbocycles. The minimum absolute atomic E-state index is 0.240. The summed E-state index contributed by atoms with van der Waals surface area (Å²) >= 11 is 1.46. The Labute approximate surface area is 115 Å². The number of thiazole rings is 1. The summed E-state index contributed by atoms with van der Waals surface area (Å²) in [6.07, 6.45) is 2.71. The number of carbonyl (C=O) groups excluding carboxylic acids is 1. The third kappa shape index (κ3) is 3.36. The van der Waals surface area contributed by atoms with Crippen LogP contribution >= 0.6 is 11.3 Å². The number of pyridine rings is 1. The zero-order valence-electron chi connectivity index (χ0n) is 10.9. The van der Waals surface area contributed by atoms with Crippen LogP contribution in [-0.4, -0.2) is 21.9 Å². The van der Waals surface area contributed by atoms with Crippen molar-refractivity contribution in [3.63, 3.8) is 0 Å². The van der Waals surface area contributed by atoms with E-state index in [1.807, 2.05) is 12.1 Å². The molecule has 2 aromatic rings. The van der Waals surface area contributed by atoms with E-state index in [1.54, 1.807) is 18.5 Å². The maximum Gasteiger partial charge on any atom is 0.242 e. The van der Waals surface area contributed by atoms with Gasteiger partial charge in [-0.1, -0.05) is 6.92 Å². The lowest BCUT2D eigenvalue weighted by molar-refractivity contribution is -0.117. The molecule has 1 unspecified atom stereocenters. The SMILES string of the molecule is CCc1ccc(-c2nc(NC(=O)C(C)N)cs2)cn1. The summed E-state index contributed by atoms with van der Waals surface area (Å²) in [7, 11) is 0. The van der Waals surface area contributed by atoms with Gasteiger partial charge < -0.3 is 11.1 Å². The highest BCUT2D eigenvalue weighted by Crippen LogP contribution is 2.25. The molecule has 0 bridgehead atoms. The molecular weight excluding hydrogens is 260 g/mol. The highest BCUT2D eigenvalue weighted by molar-refractivity contribution is 7.13. The second-order valence-electron chi connectivity index (χ2n) is 4.21. The van der Waals surface area contributed by atoms with Gasteiger partial charge in [-0.3, -0.25) is 9.78 Å². The Morgan fingerprint density at radius 1 is 1.53 bits per heavy atom. The molecule has 1 atom stereocenters. The van der Waals surface area contributed by atoms with E-state index in [9.17, 15) is 4.79 Å². The number of anilines is 1. The third-order valence-corrected chi connectivity index (χ3v) is 3.49. The Hall–Kier alpha value is -1.79. The molecule has 0 spiro atoms. The molecular formula is C13H16N4OS. The Balaban J connectivity index is 2.13. The summed E-state index contributed by atoms with van der Waals surface area (Å²) in [5, 5.41) is 5.29. The summed E-state index contributed by atoms with van der Waals surface area (Å²) in [5.74, 6) is 0.290. The minimum atomic E-state index is -0.546. The molecule has 6 heteroatoms. The Bertz CT molecular complexity index is 562. The van der Waals surface area contributed by atoms with Crippen molar-refractivity contribution in [2.45, 2.75) is 26.3 Å². The lowest BCUT2D eigenvalue weighted by Crippen LogP contribution is -2.32. The van der Waals surface area contributed by atoms with Crippen molar-refractivity contribution in [1.29, 1.82) is 0 Å². The van der Waals surface area contributed by atoms with Gasteiger partial charge in [0.25, 0.3) is 0 Å². The van der Waals surface area contributed by atoms with Gasteiger partial charge in [-0.15, -0.1) is 11.3 Å². The van der Waals surface area contributed by atoms with Crippen LogP contribution in [0.2, 0.25) is 0 Å². The molecule has 2 rings (SSSR count). The number of aryl methyl sites for hydroxylation is 1. The highest BCUT2D eigenvalue weighted by atomic mass is 32.1. The highest BCUT2D eigenvalue weighted by Gasteiger charge is 2.11. The van der Waals surface area contributed by atoms with Gasteiger partial charge in [0.15, 0.2) is 0 Å². The van der Waals surface area contributed by atoms with Gasteiger partial charge in [0, 0.05) is 22.8 Å². The summed E-state index contributed by atoms with van der Waals surface area (Å²) in [5.41, 5.74) is 7.48. The van der Waals surface area contributed by atoms with Crippen LogP contribution in [0.5, 0.6) is 0 Å². The lowest BCUT2D eigenvalue weighted by atomic mass is 10.2. The summed E-state index contributed by atoms with van der Waals surface area (Å²) in [6.45, 7) is 3.70. The molecule has 0 radical (unpaired) electrons. The topological polar surface area (TPSA) is 80.9 Å². The van der Waals surface area contributed by atoms with E-state index in [0.29, 0.717) is 5.82 Å². The zero-order valence-corrected chi connectivity index (χ0v) is 11.7. The molecule has 2 aromatic heterocycles. The van der Waals surface area contributed by atoms with Crippen LogP contribution in [0.15, 0.2) is 23.7 Å². The van der Waals surface area contributed by atoms with E-state index in [1.165, 1.54) is 11.3 Å². The van der Waals surface area contributed by atoms with E-state index in [0.717, 1.165) is 22.7 Å². The van der Waals surface area contributed by atoms with Crippen molar-refractivity contribution in [3.05, 3.63) is 29.4 Å². The lowest BCUT2D eigenvalue weighted by Gasteiger charge is -2.03. The first-order valence-corrected chi connectivity index (χ1v) is 6.95. The average Bonchev–Trinajstić information content (AvgIpc) is 2.87. The number of rotatable bonds is 4. The molecule has 3 N–H and O–H groups in total. The minimum Gasteiger partial charge on any atom is -0.320 e. The van der Waals surface area contributed by atoms with Crippen molar-refractivity contribution in [1.82, 2.24) is 9.97 Å². The van der Waals surface area contributed by atoms with Crippen molar-refractivity contribution < 1.29 is 4.79 Å². The number of nitrogens with two attached hydrogens (primary N) is 1. The van der Waals surface area contributed by atoms with Crippen molar-refractivity contribution in [3.8, 4) is 10.6 Å². The predicted molar refractivity (Wildman–Crippen MR) is 77.0 cm³/mol. The molecule has 19 heavy (non-hydrogen) atoms. The van der Waals surface area contributed by atoms with Gasteiger partial charge in [-0.05, 0) is 25.5 Å². The van der Waals surface area contributed by atoms with Crippen molar-refractivity contribution in [2.24, 2.45) is 5.73 Å². The predicted octanol–water partition coefficient (Wildman–Crippen LogP) is 2.05. The third-order valence-electron chi connectivity index (χ3n) is 2.60. The van der Waals surface area contributed by atoms with Gasteiger partial charge in [-0.2, -0.15) is 0 Å². The summed E-state index contributed by atoms with van der Waals surface area (Å²) in [4.78, 5) is 20.1. The van der Waals surface area contributed by atoms with Crippen LogP contribution in [0.3, 0.4) is 0 Å². The van der Waals surface area contributed by atoms with E-state index in [4.69, 9.17) is 5.73 Å². The van der Waals surface area contributed by atoms with Gasteiger partial charge >= 0.3 is 0 Å². The van der Waals surface area contributed by atoms with Crippen LogP contribution in [-0.2, 0) is 11.2 Å². The number of amides is 1. The number of hydrogen-bond donors (Lipinski definition) is 2. The number of aromatic nitrogens is 2. The van der Waals surface area contributed by atoms with E-state index in [-0.39, 0.29) is 5.91 Å². The summed E-state index contributed by atoms with van der Waals surface area (Å²) < 4.78 is 0. The molecule has 5 nitrogen and oxygen atoms in total. The second kappa shape index (κ2) is 5.90. The maximum absolute atomic E-state index is 11.5. The molecule has 100 valence electrons. The van der Waals surface area contributed by atoms with Crippen molar-refractivity contribution >= 4 is 23.1 Å². The van der Waals surface area contributed by atoms with Gasteiger partial charge in [0.2, 0.25) is 5.91 Å². The normalized spacial score (nSPS) is 12.2. The van der Waals surface area contributed by atoms with Gasteiger partial charge in [-0.25, -0.2) is 4.98 Å². The van der Waals surface area contributed by atoms with Crippen LogP contribution < -0.4 is 11.1 Å². The van der Waals surface area contributed by atoms with Crippen LogP contribution in [0.25, 0.3) is 10.6 Å². The van der Waals surface area contributed by atoms with E-state index >= 15 is 0 Å². The number of nitrogens with one attached hydrogen (secondary N) is 1. The maximum atomic E-state index is 11.5. The number of nitrogens with zero attached hydrogens (tertiary/aromatic N) is 2. The fourth-order valence-electron chi connectivity index (χ4n) is 1.46. The second-order valence-corrected chi connectivity index (χ2v) is 5.07. The molecule has 0 saturated heterocycles. The Morgan fingerprint density at radius 2 is 2.32 bits per heavy atom. The van der Waals surface area contributed by atoms with Crippen molar-refractivity contribution in [2.75, 3.05) is 5.32 Å². The molecule has 1 amide bonds. The van der Waals surface area contributed by atoms with Gasteiger partial charge in [0.1, 0.15) is 10.8 Å². The van der Waals surface area contributed by atoms with Gasteiger partial charge in [0.05, 0.1) is 6.04 Å². The average molecular weight is 276 g/mol. The first-order chi connectivity index (χ1) is 9.10. The number of carbonyl (C=O) groups is 1. The first-order valence-electron chi connectivity index (χ1n) is 6.07. The fourth-order valence-corrected chi connectivity index (χ4v) is 2.21. The summed E-state index contributed by atoms with van der Waals surface area (Å²) in [6, 6.07) is 3.43. The molecule has 2 heterocycles. The smallest absolute Gasteiger partial charge is 0.242 e. The first kappa shape index (κ1) is 13.6. The molecule has 0 fully saturated rings. The largest absolute Gasteiger partial charge is 0.320 e. The molecule has 0 aliphatic heterocycles. The van der Waals surface area contributed by atoms with Crippen LogP contribution in [0.1, 0.15) is 19.5 Å². The fraction of sp³-hybridized carbons (Fsp3) is 0.308. The Morgan fingerprint density at radius 3 is 2.89 bits per heavy atom. The number of hydrogen-bond acceptors (Lipinski definition) is 5. The molecule has 0 aromatic carbocycles. The zero-order chi connectivity index (χ0) is 13.8. The monoisotopic (exact) mass is 276 g/mol. The Kier molecular flexibility index (Phi) is 4.24. The molecule has 0 aliphatic rings. The quantitative estimate of drug-likeness (QED) is 0.895. The van der Waals surface area contributed by atoms with E-state index < -0.39 is 6.04 Å². The molecule has 0 saturated carbocycles. The van der Waals surface area contributed by atoms with Crippen LogP contribution in [0, 0.1) is 0 Å². The van der Waals surface area contributed by atoms with E-state index in [2.05, 4.69) is 22.2 Å².